The number of hydrogen-bond acceptors (Lipinski definition) is 10. The van der Waals surface area contributed by atoms with Crippen LogP contribution in [0.25, 0.3) is 11.2 Å². The van der Waals surface area contributed by atoms with E-state index in [9.17, 15) is 24.1 Å². The molecule has 36 heavy (non-hydrogen) atoms. The van der Waals surface area contributed by atoms with Crippen LogP contribution in [0.2, 0.25) is 0 Å². The van der Waals surface area contributed by atoms with E-state index in [1.165, 1.54) is 28.6 Å². The summed E-state index contributed by atoms with van der Waals surface area (Å²) >= 11 is 1.39. The Morgan fingerprint density at radius 1 is 1.22 bits per heavy atom. The lowest BCUT2D eigenvalue weighted by Crippen LogP contribution is -2.33. The van der Waals surface area contributed by atoms with E-state index in [-0.39, 0.29) is 29.5 Å². The van der Waals surface area contributed by atoms with E-state index in [0.29, 0.717) is 28.7 Å². The summed E-state index contributed by atoms with van der Waals surface area (Å²) in [4.78, 5) is 9.13. The van der Waals surface area contributed by atoms with Gasteiger partial charge >= 0.3 is 0 Å². The molecule has 0 saturated heterocycles. The van der Waals surface area contributed by atoms with E-state index < -0.39 is 49.1 Å². The van der Waals surface area contributed by atoms with E-state index in [4.69, 9.17) is 10.2 Å². The second-order valence-corrected chi connectivity index (χ2v) is 9.89. The minimum Gasteiger partial charge on any atom is -0.394 e. The number of thioether (sulfide) groups is 1. The Bertz CT molecular complexity index is 1400. The summed E-state index contributed by atoms with van der Waals surface area (Å²) in [5, 5.41) is 42.8. The standard InChI is InChI=1S/C23H28F2N6O4S/c1-2-7-36-23-27-21(26-15-9-12(15)11-3-4-13(24)14(25)8-11)18-22(28-23)31(30-29-18)16-10-17(35-6-5-32)20(34)19(16)33/h3-4,8,12,15-17,19-20,32-34H,2,5-7,9-10H2,1H3,(H,26,27,28)/t12-,15+,16+,17-,19-,20+/m0/s1/i5D2,6D2. The predicted octanol–water partition coefficient (Wildman–Crippen LogP) is 2.01. The van der Waals surface area contributed by atoms with Gasteiger partial charge in [-0.3, -0.25) is 0 Å². The van der Waals surface area contributed by atoms with Crippen LogP contribution in [0.4, 0.5) is 14.6 Å². The van der Waals surface area contributed by atoms with Crippen molar-refractivity contribution in [1.82, 2.24) is 25.0 Å². The third kappa shape index (κ3) is 4.90. The van der Waals surface area contributed by atoms with Crippen molar-refractivity contribution >= 4 is 28.7 Å². The van der Waals surface area contributed by atoms with Gasteiger partial charge in [0, 0.05) is 24.1 Å². The Kier molecular flexibility index (Phi) is 6.01. The van der Waals surface area contributed by atoms with Crippen molar-refractivity contribution in [1.29, 1.82) is 0 Å². The molecule has 10 nitrogen and oxygen atoms in total. The van der Waals surface area contributed by atoms with Gasteiger partial charge in [-0.15, -0.1) is 5.10 Å². The Hall–Kier alpha value is -2.45. The van der Waals surface area contributed by atoms with E-state index in [0.717, 1.165) is 12.5 Å². The molecule has 1 aromatic carbocycles. The van der Waals surface area contributed by atoms with Crippen molar-refractivity contribution in [2.45, 2.75) is 67.7 Å². The fourth-order valence-electron chi connectivity index (χ4n) is 4.46. The predicted molar refractivity (Wildman–Crippen MR) is 128 cm³/mol. The number of ether oxygens (including phenoxy) is 1. The van der Waals surface area contributed by atoms with Crippen molar-refractivity contribution in [3.63, 3.8) is 0 Å². The summed E-state index contributed by atoms with van der Waals surface area (Å²) < 4.78 is 63.3. The quantitative estimate of drug-likeness (QED) is 0.229. The van der Waals surface area contributed by atoms with E-state index >= 15 is 0 Å². The molecule has 13 heteroatoms. The average Bonchev–Trinajstić information content (AvgIpc) is 3.43. The Morgan fingerprint density at radius 3 is 2.81 bits per heavy atom. The summed E-state index contributed by atoms with van der Waals surface area (Å²) in [7, 11) is 0. The molecule has 5 rings (SSSR count). The maximum absolute atomic E-state index is 13.7. The minimum absolute atomic E-state index is 0.0747. The number of hydrogen-bond donors (Lipinski definition) is 4. The Labute approximate surface area is 215 Å². The van der Waals surface area contributed by atoms with Crippen molar-refractivity contribution in [2.75, 3.05) is 24.2 Å². The summed E-state index contributed by atoms with van der Waals surface area (Å²) in [6.07, 6.45) is -3.16. The molecule has 2 aliphatic rings. The van der Waals surface area contributed by atoms with Gasteiger partial charge in [0.15, 0.2) is 33.8 Å². The highest BCUT2D eigenvalue weighted by molar-refractivity contribution is 7.99. The zero-order valence-corrected chi connectivity index (χ0v) is 20.0. The molecule has 0 radical (unpaired) electrons. The second kappa shape index (κ2) is 10.5. The third-order valence-electron chi connectivity index (χ3n) is 6.39. The molecule has 0 spiro atoms. The molecule has 2 aliphatic carbocycles. The van der Waals surface area contributed by atoms with Gasteiger partial charge in [-0.05, 0) is 30.5 Å². The average molecular weight is 527 g/mol. The smallest absolute Gasteiger partial charge is 0.191 e. The number of rotatable bonds is 10. The van der Waals surface area contributed by atoms with Gasteiger partial charge in [-0.25, -0.2) is 23.4 Å². The monoisotopic (exact) mass is 526 g/mol. The first-order valence-corrected chi connectivity index (χ1v) is 12.5. The summed E-state index contributed by atoms with van der Waals surface area (Å²) in [5.41, 5.74) is 1.15. The van der Waals surface area contributed by atoms with Crippen LogP contribution in [0.15, 0.2) is 23.4 Å². The van der Waals surface area contributed by atoms with E-state index in [1.54, 1.807) is 0 Å². The number of nitrogens with one attached hydrogen (secondary N) is 1. The van der Waals surface area contributed by atoms with Crippen molar-refractivity contribution < 1.29 is 34.3 Å². The van der Waals surface area contributed by atoms with Gasteiger partial charge in [-0.2, -0.15) is 0 Å². The van der Waals surface area contributed by atoms with Gasteiger partial charge in [0.1, 0.15) is 12.2 Å². The maximum Gasteiger partial charge on any atom is 0.191 e. The highest BCUT2D eigenvalue weighted by atomic mass is 32.2. The first kappa shape index (κ1) is 20.6. The molecule has 4 N–H and O–H groups in total. The molecule has 3 aromatic rings. The van der Waals surface area contributed by atoms with Crippen LogP contribution in [-0.2, 0) is 4.74 Å². The van der Waals surface area contributed by atoms with Gasteiger partial charge in [0.25, 0.3) is 0 Å². The summed E-state index contributed by atoms with van der Waals surface area (Å²) in [5.74, 6) is -0.841. The van der Waals surface area contributed by atoms with Crippen LogP contribution in [0.3, 0.4) is 0 Å². The summed E-state index contributed by atoms with van der Waals surface area (Å²) in [6, 6.07) is 2.70. The topological polar surface area (TPSA) is 138 Å². The minimum atomic E-state index is -3.35. The number of halogens is 2. The maximum atomic E-state index is 13.7. The fourth-order valence-corrected chi connectivity index (χ4v) is 5.16. The van der Waals surface area contributed by atoms with Crippen molar-refractivity contribution in [2.24, 2.45) is 0 Å². The number of aliphatic hydroxyl groups excluding tert-OH is 2. The molecule has 2 aromatic heterocycles. The lowest BCUT2D eigenvalue weighted by atomic mass is 10.1. The molecule has 2 saturated carbocycles. The van der Waals surface area contributed by atoms with Crippen LogP contribution < -0.4 is 5.32 Å². The number of aliphatic hydroxyl groups is 3. The van der Waals surface area contributed by atoms with Crippen molar-refractivity contribution in [3.8, 4) is 0 Å². The molecule has 194 valence electrons. The third-order valence-corrected chi connectivity index (χ3v) is 7.44. The second-order valence-electron chi connectivity index (χ2n) is 8.83. The van der Waals surface area contributed by atoms with Gasteiger partial charge in [0.05, 0.1) is 30.7 Å². The molecule has 2 heterocycles. The van der Waals surface area contributed by atoms with E-state index in [2.05, 4.69) is 25.6 Å². The first-order chi connectivity index (χ1) is 18.8. The fraction of sp³-hybridized carbons (Fsp3) is 0.565. The molecule has 0 unspecified atom stereocenters. The van der Waals surface area contributed by atoms with E-state index in [1.807, 2.05) is 6.92 Å². The molecule has 6 atom stereocenters. The number of fused-ring (bicyclic) bond motifs is 1. The van der Waals surface area contributed by atoms with Crippen LogP contribution in [0.5, 0.6) is 0 Å². The number of nitrogens with zero attached hydrogens (tertiary/aromatic N) is 5. The highest BCUT2D eigenvalue weighted by Crippen LogP contribution is 2.44. The molecule has 0 aliphatic heterocycles. The molecule has 0 amide bonds. The largest absolute Gasteiger partial charge is 0.394 e. The summed E-state index contributed by atoms with van der Waals surface area (Å²) in [6.45, 7) is -4.51. The van der Waals surface area contributed by atoms with Crippen molar-refractivity contribution in [3.05, 3.63) is 35.4 Å². The van der Waals surface area contributed by atoms with Crippen LogP contribution in [0, 0.1) is 11.6 Å². The van der Waals surface area contributed by atoms with Crippen LogP contribution in [-0.4, -0.2) is 83.5 Å². The molecular weight excluding hydrogens is 494 g/mol. The zero-order valence-electron chi connectivity index (χ0n) is 23.2. The highest BCUT2D eigenvalue weighted by Gasteiger charge is 2.45. The van der Waals surface area contributed by atoms with Gasteiger partial charge in [0.2, 0.25) is 0 Å². The molecule has 2 fully saturated rings. The Morgan fingerprint density at radius 2 is 2.06 bits per heavy atom. The van der Waals surface area contributed by atoms with Gasteiger partial charge in [-0.1, -0.05) is 30.0 Å². The number of anilines is 1. The lowest BCUT2D eigenvalue weighted by Gasteiger charge is -2.17. The zero-order chi connectivity index (χ0) is 29.0. The normalized spacial score (nSPS) is 30.1. The number of benzene rings is 1. The lowest BCUT2D eigenvalue weighted by molar-refractivity contribution is -0.0629. The first-order valence-electron chi connectivity index (χ1n) is 13.5. The van der Waals surface area contributed by atoms with Gasteiger partial charge < -0.3 is 25.4 Å². The molecule has 0 bridgehead atoms. The Balaban J connectivity index is 1.42. The SMILES string of the molecule is [2H]C([2H])(O)C([2H])([2H])O[C@H]1C[C@@H](n2nnc3c(N[C@@H]4C[C@H]4c4ccc(F)c(F)c4)nc(SCCC)nc32)[C@H](O)[C@@H]1O. The number of aromatic nitrogens is 5. The van der Waals surface area contributed by atoms with Crippen LogP contribution in [0.1, 0.15) is 49.2 Å². The molecular formula is C23H28F2N6O4S. The van der Waals surface area contributed by atoms with Crippen LogP contribution >= 0.6 is 11.8 Å².